The van der Waals surface area contributed by atoms with Crippen molar-refractivity contribution in [2.75, 3.05) is 19.5 Å². The lowest BCUT2D eigenvalue weighted by Crippen LogP contribution is -1.87. The van der Waals surface area contributed by atoms with Gasteiger partial charge in [-0.1, -0.05) is 43.0 Å². The molecule has 22 heavy (non-hydrogen) atoms. The highest BCUT2D eigenvalue weighted by Crippen LogP contribution is 2.17. The Kier molecular flexibility index (Phi) is 7.55. The first-order valence-corrected chi connectivity index (χ1v) is 7.29. The molecule has 2 rings (SSSR count). The fraction of sp³-hybridized carbons (Fsp3) is 0.200. The number of benzene rings is 2. The van der Waals surface area contributed by atoms with Gasteiger partial charge in [0.2, 0.25) is 0 Å². The summed E-state index contributed by atoms with van der Waals surface area (Å²) in [6, 6.07) is 16.2. The maximum absolute atomic E-state index is 4.99. The van der Waals surface area contributed by atoms with E-state index in [-0.39, 0.29) is 0 Å². The Bertz CT molecular complexity index is 589. The quantitative estimate of drug-likeness (QED) is 0.771. The van der Waals surface area contributed by atoms with Gasteiger partial charge in [-0.3, -0.25) is 0 Å². The highest BCUT2D eigenvalue weighted by Gasteiger charge is 1.96. The van der Waals surface area contributed by atoms with Gasteiger partial charge in [0.15, 0.2) is 0 Å². The van der Waals surface area contributed by atoms with E-state index in [4.69, 9.17) is 4.74 Å². The minimum Gasteiger partial charge on any atom is -0.497 e. The van der Waals surface area contributed by atoms with E-state index in [2.05, 4.69) is 50.0 Å². The molecular formula is C20H25NO. The Labute approximate surface area is 134 Å². The number of methoxy groups -OCH3 is 1. The first-order valence-electron chi connectivity index (χ1n) is 7.29. The number of nitrogens with one attached hydrogen (secondary N) is 1. The molecule has 0 unspecified atom stereocenters. The number of anilines is 1. The lowest BCUT2D eigenvalue weighted by Gasteiger charge is -2.03. The molecule has 0 heterocycles. The second-order valence-electron chi connectivity index (χ2n) is 4.88. The van der Waals surface area contributed by atoms with Gasteiger partial charge in [0, 0.05) is 12.7 Å². The second-order valence-corrected chi connectivity index (χ2v) is 4.88. The topological polar surface area (TPSA) is 21.3 Å². The number of rotatable bonds is 4. The average Bonchev–Trinajstić information content (AvgIpc) is 2.56. The summed E-state index contributed by atoms with van der Waals surface area (Å²) in [6.07, 6.45) is 3.85. The zero-order valence-electron chi connectivity index (χ0n) is 13.9. The van der Waals surface area contributed by atoms with Crippen molar-refractivity contribution in [3.05, 3.63) is 78.4 Å². The minimum absolute atomic E-state index is 0.888. The molecule has 0 aliphatic carbocycles. The monoisotopic (exact) mass is 295 g/mol. The highest BCUT2D eigenvalue weighted by molar-refractivity contribution is 5.67. The predicted octanol–water partition coefficient (Wildman–Crippen LogP) is 5.32. The largest absolute Gasteiger partial charge is 0.497 e. The van der Waals surface area contributed by atoms with Crippen LogP contribution in [0.15, 0.2) is 67.3 Å². The molecule has 0 aliphatic rings. The van der Waals surface area contributed by atoms with E-state index in [9.17, 15) is 0 Å². The summed E-state index contributed by atoms with van der Waals surface area (Å²) in [5.41, 5.74) is 4.98. The fourth-order valence-corrected chi connectivity index (χ4v) is 2.04. The molecule has 2 nitrogen and oxygen atoms in total. The number of ether oxygens (including phenoxy) is 1. The van der Waals surface area contributed by atoms with Crippen LogP contribution < -0.4 is 10.1 Å². The summed E-state index contributed by atoms with van der Waals surface area (Å²) in [5, 5.41) is 3.02. The summed E-state index contributed by atoms with van der Waals surface area (Å²) < 4.78 is 4.99. The van der Waals surface area contributed by atoms with Crippen LogP contribution in [0.1, 0.15) is 18.1 Å². The first-order chi connectivity index (χ1) is 10.6. The molecule has 2 aromatic rings. The van der Waals surface area contributed by atoms with Gasteiger partial charge in [-0.25, -0.2) is 0 Å². The number of aryl methyl sites for hydroxylation is 1. The number of allylic oxidation sites excluding steroid dienone is 3. The molecule has 0 bridgehead atoms. The van der Waals surface area contributed by atoms with Crippen molar-refractivity contribution in [1.29, 1.82) is 0 Å². The van der Waals surface area contributed by atoms with Gasteiger partial charge < -0.3 is 10.1 Å². The van der Waals surface area contributed by atoms with Crippen LogP contribution >= 0.6 is 0 Å². The molecule has 0 spiro atoms. The third-order valence-corrected chi connectivity index (χ3v) is 3.32. The molecule has 116 valence electrons. The lowest BCUT2D eigenvalue weighted by molar-refractivity contribution is 0.415. The third-order valence-electron chi connectivity index (χ3n) is 3.32. The maximum atomic E-state index is 4.99. The Balaban J connectivity index is 0.000000224. The fourth-order valence-electron chi connectivity index (χ4n) is 2.04. The van der Waals surface area contributed by atoms with Crippen LogP contribution in [0.4, 0.5) is 5.69 Å². The normalized spacial score (nSPS) is 10.3. The molecule has 2 heteroatoms. The summed E-state index contributed by atoms with van der Waals surface area (Å²) in [7, 11) is 3.55. The Morgan fingerprint density at radius 2 is 1.73 bits per heavy atom. The third kappa shape index (κ3) is 5.49. The van der Waals surface area contributed by atoms with Crippen molar-refractivity contribution < 1.29 is 4.74 Å². The van der Waals surface area contributed by atoms with Gasteiger partial charge in [0.25, 0.3) is 0 Å². The van der Waals surface area contributed by atoms with E-state index in [1.54, 1.807) is 7.11 Å². The minimum atomic E-state index is 0.888. The number of hydrogen-bond donors (Lipinski definition) is 1. The van der Waals surface area contributed by atoms with E-state index in [1.165, 1.54) is 16.7 Å². The molecule has 0 saturated heterocycles. The molecule has 2 aromatic carbocycles. The Morgan fingerprint density at radius 3 is 2.23 bits per heavy atom. The van der Waals surface area contributed by atoms with Crippen LogP contribution in [0, 0.1) is 6.92 Å². The molecular weight excluding hydrogens is 270 g/mol. The Hall–Kier alpha value is -2.48. The summed E-state index contributed by atoms with van der Waals surface area (Å²) in [5.74, 6) is 0.888. The molecule has 0 aromatic heterocycles. The summed E-state index contributed by atoms with van der Waals surface area (Å²) >= 11 is 0. The predicted molar refractivity (Wildman–Crippen MR) is 97.6 cm³/mol. The van der Waals surface area contributed by atoms with Gasteiger partial charge in [-0.2, -0.15) is 0 Å². The van der Waals surface area contributed by atoms with Crippen LogP contribution in [0.5, 0.6) is 5.75 Å². The van der Waals surface area contributed by atoms with E-state index < -0.39 is 0 Å². The van der Waals surface area contributed by atoms with Crippen LogP contribution in [-0.4, -0.2) is 14.2 Å². The summed E-state index contributed by atoms with van der Waals surface area (Å²) in [6.45, 7) is 7.90. The van der Waals surface area contributed by atoms with Crippen molar-refractivity contribution in [2.45, 2.75) is 13.8 Å². The van der Waals surface area contributed by atoms with E-state index in [0.29, 0.717) is 0 Å². The number of hydrogen-bond acceptors (Lipinski definition) is 2. The van der Waals surface area contributed by atoms with Crippen LogP contribution in [0.2, 0.25) is 0 Å². The van der Waals surface area contributed by atoms with E-state index >= 15 is 0 Å². The average molecular weight is 295 g/mol. The van der Waals surface area contributed by atoms with Crippen molar-refractivity contribution in [2.24, 2.45) is 0 Å². The Morgan fingerprint density at radius 1 is 1.09 bits per heavy atom. The molecule has 0 atom stereocenters. The van der Waals surface area contributed by atoms with Crippen molar-refractivity contribution >= 4 is 11.3 Å². The molecule has 0 saturated carbocycles. The van der Waals surface area contributed by atoms with Crippen molar-refractivity contribution in [3.8, 4) is 5.75 Å². The van der Waals surface area contributed by atoms with Crippen molar-refractivity contribution in [1.82, 2.24) is 0 Å². The SMILES string of the molecule is C=C/C=C(/C)c1ccccc1C.CNc1ccc(OC)cc1. The zero-order valence-corrected chi connectivity index (χ0v) is 13.9. The molecule has 0 aliphatic heterocycles. The summed E-state index contributed by atoms with van der Waals surface area (Å²) in [4.78, 5) is 0. The van der Waals surface area contributed by atoms with Crippen LogP contribution in [-0.2, 0) is 0 Å². The first kappa shape index (κ1) is 17.6. The van der Waals surface area contributed by atoms with Crippen molar-refractivity contribution in [3.63, 3.8) is 0 Å². The van der Waals surface area contributed by atoms with Gasteiger partial charge in [-0.05, 0) is 54.8 Å². The molecule has 0 amide bonds. The van der Waals surface area contributed by atoms with Gasteiger partial charge in [-0.15, -0.1) is 0 Å². The lowest BCUT2D eigenvalue weighted by atomic mass is 10.0. The van der Waals surface area contributed by atoms with Crippen LogP contribution in [0.3, 0.4) is 0 Å². The molecule has 1 N–H and O–H groups in total. The van der Waals surface area contributed by atoms with E-state index in [0.717, 1.165) is 11.4 Å². The highest BCUT2D eigenvalue weighted by atomic mass is 16.5. The van der Waals surface area contributed by atoms with Gasteiger partial charge in [0.05, 0.1) is 7.11 Å². The molecule has 0 radical (unpaired) electrons. The smallest absolute Gasteiger partial charge is 0.119 e. The molecule has 0 fully saturated rings. The second kappa shape index (κ2) is 9.46. The maximum Gasteiger partial charge on any atom is 0.119 e. The van der Waals surface area contributed by atoms with E-state index in [1.807, 2.05) is 43.5 Å². The standard InChI is InChI=1S/C12H14.C8H11NO/c1-4-7-10(2)12-9-6-5-8-11(12)3;1-9-7-3-5-8(10-2)6-4-7/h4-9H,1H2,2-3H3;3-6,9H,1-2H3/b10-7-;. The van der Waals surface area contributed by atoms with Gasteiger partial charge in [0.1, 0.15) is 5.75 Å². The van der Waals surface area contributed by atoms with Crippen LogP contribution in [0.25, 0.3) is 5.57 Å². The zero-order chi connectivity index (χ0) is 16.4. The van der Waals surface area contributed by atoms with Gasteiger partial charge >= 0.3 is 0 Å².